The van der Waals surface area contributed by atoms with Gasteiger partial charge in [0.15, 0.2) is 5.65 Å². The number of hydrogen-bond donors (Lipinski definition) is 2. The van der Waals surface area contributed by atoms with Crippen molar-refractivity contribution >= 4 is 11.0 Å². The summed E-state index contributed by atoms with van der Waals surface area (Å²) in [6.45, 7) is 3.94. The van der Waals surface area contributed by atoms with Crippen LogP contribution < -0.4 is 5.32 Å². The van der Waals surface area contributed by atoms with E-state index in [-0.39, 0.29) is 0 Å². The maximum atomic E-state index is 5.86. The van der Waals surface area contributed by atoms with Gasteiger partial charge in [0.05, 0.1) is 5.39 Å². The largest absolute Gasteiger partial charge is 0.419 e. The third-order valence-electron chi connectivity index (χ3n) is 3.90. The molecule has 0 amide bonds. The highest BCUT2D eigenvalue weighted by Gasteiger charge is 2.22. The molecule has 7 nitrogen and oxygen atoms in total. The molecule has 108 valence electrons. The fourth-order valence-electron chi connectivity index (χ4n) is 2.72. The van der Waals surface area contributed by atoms with Gasteiger partial charge in [0.25, 0.3) is 5.89 Å². The van der Waals surface area contributed by atoms with Gasteiger partial charge < -0.3 is 9.73 Å². The van der Waals surface area contributed by atoms with Crippen molar-refractivity contribution in [3.05, 3.63) is 23.7 Å². The molecule has 0 unspecified atom stereocenters. The lowest BCUT2D eigenvalue weighted by Gasteiger charge is -2.18. The maximum absolute atomic E-state index is 5.86. The minimum atomic E-state index is 0.349. The Labute approximate surface area is 121 Å². The summed E-state index contributed by atoms with van der Waals surface area (Å²) in [5, 5.41) is 19.8. The average molecular weight is 284 g/mol. The molecule has 4 heterocycles. The van der Waals surface area contributed by atoms with Gasteiger partial charge in [-0.1, -0.05) is 0 Å². The van der Waals surface area contributed by atoms with E-state index < -0.39 is 0 Å². The van der Waals surface area contributed by atoms with Crippen molar-refractivity contribution in [2.45, 2.75) is 25.7 Å². The molecule has 2 N–H and O–H groups in total. The lowest BCUT2D eigenvalue weighted by Crippen LogP contribution is -2.26. The molecule has 3 aromatic rings. The number of pyridine rings is 1. The number of H-pyrrole nitrogens is 1. The Morgan fingerprint density at radius 2 is 2.05 bits per heavy atom. The highest BCUT2D eigenvalue weighted by atomic mass is 16.4. The number of hydrogen-bond acceptors (Lipinski definition) is 6. The second-order valence-corrected chi connectivity index (χ2v) is 5.39. The van der Waals surface area contributed by atoms with Gasteiger partial charge in [0, 0.05) is 11.6 Å². The maximum Gasteiger partial charge on any atom is 0.266 e. The van der Waals surface area contributed by atoms with Crippen LogP contribution >= 0.6 is 0 Å². The van der Waals surface area contributed by atoms with Crippen LogP contribution in [-0.2, 0) is 0 Å². The second kappa shape index (κ2) is 4.92. The van der Waals surface area contributed by atoms with Crippen molar-refractivity contribution < 1.29 is 4.42 Å². The van der Waals surface area contributed by atoms with E-state index in [9.17, 15) is 0 Å². The monoisotopic (exact) mass is 284 g/mol. The van der Waals surface area contributed by atoms with E-state index >= 15 is 0 Å². The van der Waals surface area contributed by atoms with Gasteiger partial charge >= 0.3 is 0 Å². The van der Waals surface area contributed by atoms with Crippen LogP contribution in [0.25, 0.3) is 22.6 Å². The number of nitrogens with zero attached hydrogens (tertiary/aromatic N) is 4. The van der Waals surface area contributed by atoms with Crippen molar-refractivity contribution in [2.75, 3.05) is 13.1 Å². The van der Waals surface area contributed by atoms with Crippen LogP contribution in [0.1, 0.15) is 30.3 Å². The van der Waals surface area contributed by atoms with Crippen molar-refractivity contribution in [2.24, 2.45) is 0 Å². The molecule has 4 rings (SSSR count). The summed E-state index contributed by atoms with van der Waals surface area (Å²) in [5.41, 5.74) is 2.35. The molecule has 1 aliphatic rings. The summed E-state index contributed by atoms with van der Waals surface area (Å²) in [4.78, 5) is 4.38. The van der Waals surface area contributed by atoms with Crippen LogP contribution in [0, 0.1) is 6.92 Å². The number of nitrogens with one attached hydrogen (secondary N) is 2. The zero-order valence-corrected chi connectivity index (χ0v) is 11.8. The van der Waals surface area contributed by atoms with Gasteiger partial charge in [-0.05, 0) is 45.0 Å². The summed E-state index contributed by atoms with van der Waals surface area (Å²) in [5.74, 6) is 1.55. The molecule has 21 heavy (non-hydrogen) atoms. The second-order valence-electron chi connectivity index (χ2n) is 5.39. The van der Waals surface area contributed by atoms with Crippen molar-refractivity contribution in [1.82, 2.24) is 30.7 Å². The number of piperidine rings is 1. The molecule has 1 saturated heterocycles. The van der Waals surface area contributed by atoms with E-state index in [1.165, 1.54) is 0 Å². The highest BCUT2D eigenvalue weighted by Crippen LogP contribution is 2.29. The molecule has 0 aliphatic carbocycles. The van der Waals surface area contributed by atoms with Crippen molar-refractivity contribution in [3.8, 4) is 11.6 Å². The van der Waals surface area contributed by atoms with E-state index in [1.54, 1.807) is 0 Å². The Morgan fingerprint density at radius 1 is 1.19 bits per heavy atom. The van der Waals surface area contributed by atoms with Crippen LogP contribution in [0.4, 0.5) is 0 Å². The average Bonchev–Trinajstić information content (AvgIpc) is 3.13. The van der Waals surface area contributed by atoms with Gasteiger partial charge in [0.2, 0.25) is 5.89 Å². The van der Waals surface area contributed by atoms with Crippen molar-refractivity contribution in [3.63, 3.8) is 0 Å². The number of fused-ring (bicyclic) bond motifs is 1. The van der Waals surface area contributed by atoms with E-state index in [2.05, 4.69) is 30.7 Å². The fraction of sp³-hybridized carbons (Fsp3) is 0.429. The quantitative estimate of drug-likeness (QED) is 0.745. The van der Waals surface area contributed by atoms with Crippen LogP contribution in [0.3, 0.4) is 0 Å². The van der Waals surface area contributed by atoms with E-state index in [0.717, 1.165) is 42.7 Å². The summed E-state index contributed by atoms with van der Waals surface area (Å²) < 4.78 is 5.86. The summed E-state index contributed by atoms with van der Waals surface area (Å²) in [6, 6.07) is 3.93. The number of rotatable bonds is 2. The highest BCUT2D eigenvalue weighted by molar-refractivity contribution is 5.88. The third kappa shape index (κ3) is 2.19. The predicted molar refractivity (Wildman–Crippen MR) is 76.8 cm³/mol. The van der Waals surface area contributed by atoms with Crippen LogP contribution in [0.15, 0.2) is 16.5 Å². The summed E-state index contributed by atoms with van der Waals surface area (Å²) in [6.07, 6.45) is 2.07. The Morgan fingerprint density at radius 3 is 2.90 bits per heavy atom. The van der Waals surface area contributed by atoms with E-state index in [1.807, 2.05) is 19.1 Å². The Balaban J connectivity index is 1.70. The first-order valence-corrected chi connectivity index (χ1v) is 7.17. The molecular formula is C14H16N6O. The predicted octanol–water partition coefficient (Wildman–Crippen LogP) is 1.78. The zero-order valence-electron chi connectivity index (χ0n) is 11.8. The molecule has 1 fully saturated rings. The number of aromatic amines is 1. The topological polar surface area (TPSA) is 92.5 Å². The lowest BCUT2D eigenvalue weighted by molar-refractivity contribution is 0.378. The van der Waals surface area contributed by atoms with Gasteiger partial charge in [-0.2, -0.15) is 5.10 Å². The standard InChI is InChI=1S/C14H16N6O/c1-8-2-3-10-11(17-18-12(10)16-8)14-20-19-13(21-14)9-4-6-15-7-5-9/h2-3,9,15H,4-7H2,1H3,(H,16,17,18). The van der Waals surface area contributed by atoms with Crippen LogP contribution in [-0.4, -0.2) is 38.5 Å². The number of aromatic nitrogens is 5. The molecule has 3 aromatic heterocycles. The van der Waals surface area contributed by atoms with Crippen molar-refractivity contribution in [1.29, 1.82) is 0 Å². The molecular weight excluding hydrogens is 268 g/mol. The Bertz CT molecular complexity index is 771. The number of aryl methyl sites for hydroxylation is 1. The van der Waals surface area contributed by atoms with Gasteiger partial charge in [0.1, 0.15) is 5.69 Å². The van der Waals surface area contributed by atoms with E-state index in [0.29, 0.717) is 23.3 Å². The zero-order chi connectivity index (χ0) is 14.2. The van der Waals surface area contributed by atoms with Crippen LogP contribution in [0.2, 0.25) is 0 Å². The minimum absolute atomic E-state index is 0.349. The van der Waals surface area contributed by atoms with Crippen LogP contribution in [0.5, 0.6) is 0 Å². The smallest absolute Gasteiger partial charge is 0.266 e. The molecule has 0 radical (unpaired) electrons. The summed E-state index contributed by atoms with van der Waals surface area (Å²) in [7, 11) is 0. The summed E-state index contributed by atoms with van der Waals surface area (Å²) >= 11 is 0. The van der Waals surface area contributed by atoms with Gasteiger partial charge in [-0.15, -0.1) is 10.2 Å². The normalized spacial score (nSPS) is 16.6. The Kier molecular flexibility index (Phi) is 2.92. The van der Waals surface area contributed by atoms with E-state index in [4.69, 9.17) is 4.42 Å². The molecule has 0 bridgehead atoms. The molecule has 1 aliphatic heterocycles. The van der Waals surface area contributed by atoms with Gasteiger partial charge in [-0.25, -0.2) is 4.98 Å². The third-order valence-corrected chi connectivity index (χ3v) is 3.90. The minimum Gasteiger partial charge on any atom is -0.419 e. The molecule has 0 atom stereocenters. The SMILES string of the molecule is Cc1ccc2c(-c3nnc(C4CCNCC4)o3)[nH]nc2n1. The Hall–Kier alpha value is -2.28. The van der Waals surface area contributed by atoms with Gasteiger partial charge in [-0.3, -0.25) is 5.10 Å². The first-order valence-electron chi connectivity index (χ1n) is 7.17. The first kappa shape index (κ1) is 12.5. The first-order chi connectivity index (χ1) is 10.3. The lowest BCUT2D eigenvalue weighted by atomic mass is 9.98. The molecule has 0 spiro atoms. The molecule has 0 aromatic carbocycles. The molecule has 0 saturated carbocycles. The molecule has 7 heteroatoms. The fourth-order valence-corrected chi connectivity index (χ4v) is 2.72.